The summed E-state index contributed by atoms with van der Waals surface area (Å²) in [7, 11) is 1.62. The van der Waals surface area contributed by atoms with Gasteiger partial charge in [-0.25, -0.2) is 4.99 Å². The van der Waals surface area contributed by atoms with Gasteiger partial charge in [-0.1, -0.05) is 12.1 Å². The molecule has 2 aromatic rings. The topological polar surface area (TPSA) is 98.0 Å². The van der Waals surface area contributed by atoms with Crippen LogP contribution in [-0.2, 0) is 6.54 Å². The number of non-ortho nitro benzene ring substituents is 1. The van der Waals surface area contributed by atoms with Gasteiger partial charge in [0.05, 0.1) is 25.1 Å². The van der Waals surface area contributed by atoms with Crippen LogP contribution >= 0.6 is 0 Å². The lowest BCUT2D eigenvalue weighted by atomic mass is 10.2. The summed E-state index contributed by atoms with van der Waals surface area (Å²) < 4.78 is 10.8. The Hall–Kier alpha value is -3.29. The second-order valence-corrected chi connectivity index (χ2v) is 5.57. The minimum absolute atomic E-state index is 0.0635. The molecule has 0 heterocycles. The van der Waals surface area contributed by atoms with Gasteiger partial charge in [0.1, 0.15) is 18.1 Å². The van der Waals surface area contributed by atoms with Crippen molar-refractivity contribution in [2.45, 2.75) is 13.5 Å². The Morgan fingerprint density at radius 3 is 2.56 bits per heavy atom. The largest absolute Gasteiger partial charge is 0.497 e. The van der Waals surface area contributed by atoms with Crippen LogP contribution in [0.5, 0.6) is 11.5 Å². The molecule has 0 aliphatic rings. The number of hydrogen-bond donors (Lipinski definition) is 2. The summed E-state index contributed by atoms with van der Waals surface area (Å²) in [6, 6.07) is 13.8. The summed E-state index contributed by atoms with van der Waals surface area (Å²) in [5, 5.41) is 17.2. The van der Waals surface area contributed by atoms with Crippen molar-refractivity contribution in [2.75, 3.05) is 26.8 Å². The second-order valence-electron chi connectivity index (χ2n) is 5.57. The standard InChI is InChI=1S/C19H24N4O4/c1-3-20-19(22-14-15-5-4-6-16(13-15)23(24)25)21-11-12-27-18-9-7-17(26-2)8-10-18/h4-10,13H,3,11-12,14H2,1-2H3,(H2,20,21,22). The van der Waals surface area contributed by atoms with Crippen LogP contribution in [0.15, 0.2) is 53.5 Å². The molecule has 2 aromatic carbocycles. The fourth-order valence-corrected chi connectivity index (χ4v) is 2.29. The van der Waals surface area contributed by atoms with Gasteiger partial charge in [-0.15, -0.1) is 0 Å². The van der Waals surface area contributed by atoms with Gasteiger partial charge in [0, 0.05) is 18.7 Å². The van der Waals surface area contributed by atoms with E-state index >= 15 is 0 Å². The molecular weight excluding hydrogens is 348 g/mol. The Balaban J connectivity index is 1.84. The van der Waals surface area contributed by atoms with Gasteiger partial charge in [-0.2, -0.15) is 0 Å². The summed E-state index contributed by atoms with van der Waals surface area (Å²) in [4.78, 5) is 14.9. The lowest BCUT2D eigenvalue weighted by molar-refractivity contribution is -0.384. The van der Waals surface area contributed by atoms with E-state index < -0.39 is 4.92 Å². The highest BCUT2D eigenvalue weighted by Gasteiger charge is 2.05. The van der Waals surface area contributed by atoms with Crippen molar-refractivity contribution in [2.24, 2.45) is 4.99 Å². The first-order valence-corrected chi connectivity index (χ1v) is 8.64. The Morgan fingerprint density at radius 2 is 1.89 bits per heavy atom. The molecule has 8 heteroatoms. The molecule has 0 saturated carbocycles. The molecule has 144 valence electrons. The number of nitrogens with one attached hydrogen (secondary N) is 2. The molecule has 0 aliphatic carbocycles. The molecule has 8 nitrogen and oxygen atoms in total. The van der Waals surface area contributed by atoms with E-state index in [2.05, 4.69) is 15.6 Å². The Bertz CT molecular complexity index is 763. The number of nitro benzene ring substituents is 1. The highest BCUT2D eigenvalue weighted by Crippen LogP contribution is 2.16. The molecule has 0 bridgehead atoms. The van der Waals surface area contributed by atoms with Gasteiger partial charge in [-0.05, 0) is 36.8 Å². The molecule has 0 aromatic heterocycles. The first-order valence-electron chi connectivity index (χ1n) is 8.64. The van der Waals surface area contributed by atoms with Crippen molar-refractivity contribution in [3.05, 3.63) is 64.2 Å². The quantitative estimate of drug-likeness (QED) is 0.231. The van der Waals surface area contributed by atoms with Crippen LogP contribution < -0.4 is 20.1 Å². The van der Waals surface area contributed by atoms with E-state index in [-0.39, 0.29) is 5.69 Å². The van der Waals surface area contributed by atoms with E-state index in [0.717, 1.165) is 17.1 Å². The molecule has 2 N–H and O–H groups in total. The van der Waals surface area contributed by atoms with Crippen LogP contribution in [0, 0.1) is 10.1 Å². The third-order valence-corrected chi connectivity index (χ3v) is 3.61. The predicted octanol–water partition coefficient (Wildman–Crippen LogP) is 2.74. The van der Waals surface area contributed by atoms with Crippen LogP contribution in [0.3, 0.4) is 0 Å². The monoisotopic (exact) mass is 372 g/mol. The fraction of sp³-hybridized carbons (Fsp3) is 0.316. The Kier molecular flexibility index (Phi) is 7.90. The van der Waals surface area contributed by atoms with Gasteiger partial charge in [0.25, 0.3) is 5.69 Å². The Labute approximate surface area is 158 Å². The number of methoxy groups -OCH3 is 1. The molecule has 0 amide bonds. The third kappa shape index (κ3) is 6.85. The highest BCUT2D eigenvalue weighted by molar-refractivity contribution is 5.79. The molecule has 2 rings (SSSR count). The summed E-state index contributed by atoms with van der Waals surface area (Å²) in [6.45, 7) is 4.05. The maximum absolute atomic E-state index is 10.8. The second kappa shape index (κ2) is 10.6. The SMILES string of the molecule is CCNC(=NCc1cccc([N+](=O)[O-])c1)NCCOc1ccc(OC)cc1. The summed E-state index contributed by atoms with van der Waals surface area (Å²) >= 11 is 0. The average Bonchev–Trinajstić information content (AvgIpc) is 2.70. The van der Waals surface area contributed by atoms with E-state index in [1.54, 1.807) is 13.2 Å². The maximum atomic E-state index is 10.8. The van der Waals surface area contributed by atoms with Crippen LogP contribution in [-0.4, -0.2) is 37.7 Å². The number of nitro groups is 1. The Morgan fingerprint density at radius 1 is 1.15 bits per heavy atom. The number of hydrogen-bond acceptors (Lipinski definition) is 5. The van der Waals surface area contributed by atoms with E-state index in [1.165, 1.54) is 12.1 Å². The molecule has 0 fully saturated rings. The van der Waals surface area contributed by atoms with Crippen LogP contribution in [0.25, 0.3) is 0 Å². The molecule has 0 spiro atoms. The van der Waals surface area contributed by atoms with Gasteiger partial charge in [0.2, 0.25) is 0 Å². The first kappa shape index (κ1) is 20.0. The minimum Gasteiger partial charge on any atom is -0.497 e. The molecular formula is C19H24N4O4. The van der Waals surface area contributed by atoms with Crippen molar-refractivity contribution in [1.29, 1.82) is 0 Å². The van der Waals surface area contributed by atoms with Gasteiger partial charge < -0.3 is 20.1 Å². The number of benzene rings is 2. The number of nitrogens with zero attached hydrogens (tertiary/aromatic N) is 2. The number of aliphatic imine (C=N–C) groups is 1. The average molecular weight is 372 g/mol. The van der Waals surface area contributed by atoms with Gasteiger partial charge in [0.15, 0.2) is 5.96 Å². The summed E-state index contributed by atoms with van der Waals surface area (Å²) in [6.07, 6.45) is 0. The van der Waals surface area contributed by atoms with E-state index in [0.29, 0.717) is 32.2 Å². The van der Waals surface area contributed by atoms with E-state index in [4.69, 9.17) is 9.47 Å². The number of ether oxygens (including phenoxy) is 2. The number of guanidine groups is 1. The molecule has 0 unspecified atom stereocenters. The molecule has 0 radical (unpaired) electrons. The van der Waals surface area contributed by atoms with Gasteiger partial charge in [-0.3, -0.25) is 10.1 Å². The lowest BCUT2D eigenvalue weighted by Crippen LogP contribution is -2.39. The van der Waals surface area contributed by atoms with Crippen molar-refractivity contribution in [1.82, 2.24) is 10.6 Å². The minimum atomic E-state index is -0.410. The zero-order valence-corrected chi connectivity index (χ0v) is 15.5. The molecule has 27 heavy (non-hydrogen) atoms. The predicted molar refractivity (Wildman–Crippen MR) is 104 cm³/mol. The molecule has 0 atom stereocenters. The maximum Gasteiger partial charge on any atom is 0.269 e. The normalized spacial score (nSPS) is 11.0. The fourth-order valence-electron chi connectivity index (χ4n) is 2.29. The number of rotatable bonds is 9. The zero-order valence-electron chi connectivity index (χ0n) is 15.5. The lowest BCUT2D eigenvalue weighted by Gasteiger charge is -2.12. The highest BCUT2D eigenvalue weighted by atomic mass is 16.6. The van der Waals surface area contributed by atoms with Crippen molar-refractivity contribution < 1.29 is 14.4 Å². The smallest absolute Gasteiger partial charge is 0.269 e. The van der Waals surface area contributed by atoms with Crippen LogP contribution in [0.1, 0.15) is 12.5 Å². The summed E-state index contributed by atoms with van der Waals surface area (Å²) in [5.74, 6) is 2.17. The van der Waals surface area contributed by atoms with Crippen LogP contribution in [0.4, 0.5) is 5.69 Å². The van der Waals surface area contributed by atoms with Crippen molar-refractivity contribution in [3.8, 4) is 11.5 Å². The molecule has 0 saturated heterocycles. The van der Waals surface area contributed by atoms with E-state index in [9.17, 15) is 10.1 Å². The third-order valence-electron chi connectivity index (χ3n) is 3.61. The van der Waals surface area contributed by atoms with Gasteiger partial charge >= 0.3 is 0 Å². The van der Waals surface area contributed by atoms with Crippen molar-refractivity contribution >= 4 is 11.6 Å². The molecule has 0 aliphatic heterocycles. The van der Waals surface area contributed by atoms with E-state index in [1.807, 2.05) is 37.3 Å². The summed E-state index contributed by atoms with van der Waals surface area (Å²) in [5.41, 5.74) is 0.837. The first-order chi connectivity index (χ1) is 13.1. The zero-order chi connectivity index (χ0) is 19.5. The van der Waals surface area contributed by atoms with Crippen LogP contribution in [0.2, 0.25) is 0 Å². The van der Waals surface area contributed by atoms with Crippen molar-refractivity contribution in [3.63, 3.8) is 0 Å².